The molecule has 4 rings (SSSR count). The zero-order valence-electron chi connectivity index (χ0n) is 11.7. The van der Waals surface area contributed by atoms with Crippen molar-refractivity contribution in [3.05, 3.63) is 82.2 Å². The molecule has 0 saturated heterocycles. The van der Waals surface area contributed by atoms with Crippen molar-refractivity contribution >= 4 is 10.8 Å². The molecule has 0 aromatic heterocycles. The van der Waals surface area contributed by atoms with E-state index in [4.69, 9.17) is 5.53 Å². The summed E-state index contributed by atoms with van der Waals surface area (Å²) in [5.74, 6) is 0. The van der Waals surface area contributed by atoms with Crippen LogP contribution in [0.2, 0.25) is 0 Å². The Hall–Kier alpha value is -2.81. The smallest absolute Gasteiger partial charge is 0.0932 e. The van der Waals surface area contributed by atoms with Crippen LogP contribution >= 0.6 is 0 Å². The zero-order valence-corrected chi connectivity index (χ0v) is 11.7. The maximum Gasteiger partial charge on any atom is 0.0932 e. The van der Waals surface area contributed by atoms with Crippen molar-refractivity contribution in [2.24, 2.45) is 5.11 Å². The first-order chi connectivity index (χ1) is 10.8. The second-order valence-corrected chi connectivity index (χ2v) is 5.43. The van der Waals surface area contributed by atoms with Crippen molar-refractivity contribution in [1.29, 1.82) is 0 Å². The average molecular weight is 287 g/mol. The van der Waals surface area contributed by atoms with Gasteiger partial charge in [0, 0.05) is 4.91 Å². The van der Waals surface area contributed by atoms with Gasteiger partial charge in [0.05, 0.1) is 12.1 Å². The van der Waals surface area contributed by atoms with Gasteiger partial charge in [0.15, 0.2) is 0 Å². The van der Waals surface area contributed by atoms with Crippen LogP contribution in [0.5, 0.6) is 0 Å². The van der Waals surface area contributed by atoms with Gasteiger partial charge in [0.25, 0.3) is 0 Å². The van der Waals surface area contributed by atoms with E-state index in [2.05, 4.69) is 22.2 Å². The molecule has 2 atom stereocenters. The third-order valence-electron chi connectivity index (χ3n) is 4.30. The molecule has 1 aliphatic carbocycles. The molecule has 0 unspecified atom stereocenters. The Morgan fingerprint density at radius 3 is 2.55 bits per heavy atom. The summed E-state index contributed by atoms with van der Waals surface area (Å²) in [5.41, 5.74) is 12.6. The number of azide groups is 1. The maximum absolute atomic E-state index is 10.7. The lowest BCUT2D eigenvalue weighted by Crippen LogP contribution is -2.16. The van der Waals surface area contributed by atoms with Crippen LogP contribution < -0.4 is 0 Å². The van der Waals surface area contributed by atoms with E-state index in [9.17, 15) is 5.11 Å². The lowest BCUT2D eigenvalue weighted by molar-refractivity contribution is 0.146. The molecule has 3 aromatic carbocycles. The van der Waals surface area contributed by atoms with Crippen molar-refractivity contribution in [2.75, 3.05) is 0 Å². The van der Waals surface area contributed by atoms with Crippen molar-refractivity contribution in [3.8, 4) is 11.1 Å². The molecule has 0 radical (unpaired) electrons. The number of aliphatic hydroxyl groups is 1. The van der Waals surface area contributed by atoms with Crippen molar-refractivity contribution in [3.63, 3.8) is 0 Å². The third kappa shape index (κ3) is 1.72. The fraction of sp³-hybridized carbons (Fsp3) is 0.111. The molecule has 0 fully saturated rings. The van der Waals surface area contributed by atoms with Crippen LogP contribution in [0.1, 0.15) is 23.3 Å². The van der Waals surface area contributed by atoms with Crippen LogP contribution in [-0.4, -0.2) is 5.11 Å². The molecule has 0 bridgehead atoms. The van der Waals surface area contributed by atoms with Crippen LogP contribution in [0, 0.1) is 0 Å². The van der Waals surface area contributed by atoms with E-state index in [0.29, 0.717) is 0 Å². The fourth-order valence-electron chi connectivity index (χ4n) is 3.34. The lowest BCUT2D eigenvalue weighted by atomic mass is 9.79. The number of rotatable bonds is 1. The molecule has 4 nitrogen and oxygen atoms in total. The first kappa shape index (κ1) is 12.9. The summed E-state index contributed by atoms with van der Waals surface area (Å²) in [6.07, 6.45) is -0.828. The molecule has 106 valence electrons. The van der Waals surface area contributed by atoms with Gasteiger partial charge in [-0.1, -0.05) is 65.8 Å². The fourth-order valence-corrected chi connectivity index (χ4v) is 3.34. The van der Waals surface area contributed by atoms with E-state index in [0.717, 1.165) is 33.0 Å². The highest BCUT2D eigenvalue weighted by Crippen LogP contribution is 2.48. The highest BCUT2D eigenvalue weighted by molar-refractivity contribution is 6.00. The molecule has 0 heterocycles. The Morgan fingerprint density at radius 1 is 0.909 bits per heavy atom. The number of fused-ring (bicyclic) bond motifs is 5. The minimum atomic E-state index is -0.828. The van der Waals surface area contributed by atoms with Gasteiger partial charge >= 0.3 is 0 Å². The predicted molar refractivity (Wildman–Crippen MR) is 86.2 cm³/mol. The maximum atomic E-state index is 10.7. The topological polar surface area (TPSA) is 69.0 Å². The van der Waals surface area contributed by atoms with E-state index < -0.39 is 12.1 Å². The Balaban J connectivity index is 2.13. The van der Waals surface area contributed by atoms with E-state index >= 15 is 0 Å². The van der Waals surface area contributed by atoms with Crippen LogP contribution in [-0.2, 0) is 0 Å². The predicted octanol–water partition coefficient (Wildman–Crippen LogP) is 4.91. The van der Waals surface area contributed by atoms with E-state index in [1.807, 2.05) is 48.5 Å². The van der Waals surface area contributed by atoms with Crippen molar-refractivity contribution in [2.45, 2.75) is 12.1 Å². The normalized spacial score (nSPS) is 19.1. The van der Waals surface area contributed by atoms with Crippen LogP contribution in [0.15, 0.2) is 65.8 Å². The summed E-state index contributed by atoms with van der Waals surface area (Å²) in [5, 5.41) is 16.7. The summed E-state index contributed by atoms with van der Waals surface area (Å²) >= 11 is 0. The van der Waals surface area contributed by atoms with E-state index in [-0.39, 0.29) is 0 Å². The summed E-state index contributed by atoms with van der Waals surface area (Å²) in [7, 11) is 0. The number of aliphatic hydroxyl groups excluding tert-OH is 1. The Kier molecular flexibility index (Phi) is 2.86. The van der Waals surface area contributed by atoms with Gasteiger partial charge in [-0.05, 0) is 38.6 Å². The first-order valence-electron chi connectivity index (χ1n) is 7.14. The zero-order chi connectivity index (χ0) is 15.1. The SMILES string of the molecule is [N-]=[N+]=N[C@@H]1c2ccccc2-c2c(ccc3ccccc23)[C@H]1O. The van der Waals surface area contributed by atoms with Gasteiger partial charge in [-0.3, -0.25) is 0 Å². The molecule has 22 heavy (non-hydrogen) atoms. The monoisotopic (exact) mass is 287 g/mol. The third-order valence-corrected chi connectivity index (χ3v) is 4.30. The largest absolute Gasteiger partial charge is 0.388 e. The Morgan fingerprint density at radius 2 is 1.68 bits per heavy atom. The Bertz CT molecular complexity index is 929. The second kappa shape index (κ2) is 4.88. The average Bonchev–Trinajstić information content (AvgIpc) is 2.58. The van der Waals surface area contributed by atoms with Crippen LogP contribution in [0.4, 0.5) is 0 Å². The van der Waals surface area contributed by atoms with Gasteiger partial charge in [-0.15, -0.1) is 0 Å². The molecule has 0 saturated carbocycles. The second-order valence-electron chi connectivity index (χ2n) is 5.43. The quantitative estimate of drug-likeness (QED) is 0.386. The molecule has 1 N–H and O–H groups in total. The lowest BCUT2D eigenvalue weighted by Gasteiger charge is -2.30. The number of benzene rings is 3. The number of hydrogen-bond donors (Lipinski definition) is 1. The molecule has 4 heteroatoms. The molecular formula is C18H13N3O. The highest BCUT2D eigenvalue weighted by atomic mass is 16.3. The molecule has 0 aliphatic heterocycles. The molecule has 0 amide bonds. The van der Waals surface area contributed by atoms with Gasteiger partial charge in [0.1, 0.15) is 0 Å². The summed E-state index contributed by atoms with van der Waals surface area (Å²) in [6.45, 7) is 0. The Labute approximate surface area is 127 Å². The van der Waals surface area contributed by atoms with Crippen molar-refractivity contribution < 1.29 is 5.11 Å². The van der Waals surface area contributed by atoms with E-state index in [1.54, 1.807) is 0 Å². The summed E-state index contributed by atoms with van der Waals surface area (Å²) < 4.78 is 0. The summed E-state index contributed by atoms with van der Waals surface area (Å²) in [4.78, 5) is 2.91. The van der Waals surface area contributed by atoms with Gasteiger partial charge in [0.2, 0.25) is 0 Å². The molecular weight excluding hydrogens is 274 g/mol. The number of nitrogens with zero attached hydrogens (tertiary/aromatic N) is 3. The van der Waals surface area contributed by atoms with Crippen molar-refractivity contribution in [1.82, 2.24) is 0 Å². The van der Waals surface area contributed by atoms with Gasteiger partial charge in [-0.2, -0.15) is 0 Å². The minimum Gasteiger partial charge on any atom is -0.388 e. The summed E-state index contributed by atoms with van der Waals surface area (Å²) in [6, 6.07) is 19.3. The number of hydrogen-bond acceptors (Lipinski definition) is 2. The van der Waals surface area contributed by atoms with Gasteiger partial charge < -0.3 is 5.11 Å². The van der Waals surface area contributed by atoms with E-state index in [1.165, 1.54) is 0 Å². The van der Waals surface area contributed by atoms with Crippen LogP contribution in [0.25, 0.3) is 32.3 Å². The van der Waals surface area contributed by atoms with Gasteiger partial charge in [-0.25, -0.2) is 0 Å². The molecule has 3 aromatic rings. The molecule has 0 spiro atoms. The highest BCUT2D eigenvalue weighted by Gasteiger charge is 2.32. The molecule has 1 aliphatic rings. The minimum absolute atomic E-state index is 0.588. The first-order valence-corrected chi connectivity index (χ1v) is 7.14. The van der Waals surface area contributed by atoms with Crippen LogP contribution in [0.3, 0.4) is 0 Å². The standard InChI is InChI=1S/C18H13N3O/c19-21-20-17-14-8-4-3-7-13(14)16-12-6-2-1-5-11(12)9-10-15(16)18(17)22/h1-10,17-18,22H/t17-,18-/m1/s1.